The molecular weight excluding hydrogens is 516 g/mol. The summed E-state index contributed by atoms with van der Waals surface area (Å²) in [6.07, 6.45) is 9.76. The largest absolute Gasteiger partial charge is 0.493 e. The number of ether oxygens (including phenoxy) is 2. The van der Waals surface area contributed by atoms with E-state index in [1.807, 2.05) is 30.3 Å². The molecule has 4 fully saturated rings. The molecule has 8 heteroatoms. The Morgan fingerprint density at radius 3 is 2.17 bits per heavy atom. The number of carbonyl (C=O) groups is 2. The minimum Gasteiger partial charge on any atom is -0.493 e. The first kappa shape index (κ1) is 26.9. The molecule has 0 aliphatic heterocycles. The van der Waals surface area contributed by atoms with Gasteiger partial charge < -0.3 is 20.1 Å². The monoisotopic (exact) mass is 552 g/mol. The molecule has 4 aliphatic carbocycles. The van der Waals surface area contributed by atoms with Crippen LogP contribution in [0, 0.1) is 17.8 Å². The van der Waals surface area contributed by atoms with E-state index in [0.717, 1.165) is 23.4 Å². The molecule has 3 N–H and O–H groups in total. The molecule has 3 aromatic rings. The van der Waals surface area contributed by atoms with Crippen molar-refractivity contribution < 1.29 is 19.1 Å². The first-order chi connectivity index (χ1) is 20.0. The van der Waals surface area contributed by atoms with Crippen molar-refractivity contribution >= 4 is 29.5 Å². The van der Waals surface area contributed by atoms with Gasteiger partial charge in [-0.3, -0.25) is 4.79 Å². The van der Waals surface area contributed by atoms with E-state index in [-0.39, 0.29) is 12.5 Å². The van der Waals surface area contributed by atoms with E-state index in [9.17, 15) is 9.59 Å². The minimum absolute atomic E-state index is 0.151. The molecule has 3 aromatic carbocycles. The van der Waals surface area contributed by atoms with Gasteiger partial charge in [-0.1, -0.05) is 30.3 Å². The van der Waals surface area contributed by atoms with Gasteiger partial charge >= 0.3 is 6.03 Å². The number of benzene rings is 3. The standard InChI is InChI=1S/C33H36N4O4/c1-40-30-16-22(20-34-37-32(39)36-27-5-3-2-4-6-27)7-12-29(30)41-21-31(38)35-28-10-8-26(9-11-28)33-17-23-13-24(18-33)15-25(14-23)19-33/h2-12,16,20,23-25H,13-15,17-19,21H2,1H3,(H,35,38)(H2,36,37,39)/b34-20+. The lowest BCUT2D eigenvalue weighted by Gasteiger charge is -2.57. The van der Waals surface area contributed by atoms with Crippen molar-refractivity contribution in [2.45, 2.75) is 43.9 Å². The molecule has 4 aliphatic rings. The number of rotatable bonds is 9. The Morgan fingerprint density at radius 2 is 1.51 bits per heavy atom. The molecular formula is C33H36N4O4. The van der Waals surface area contributed by atoms with Gasteiger partial charge in [0.1, 0.15) is 0 Å². The number of para-hydroxylation sites is 1. The Balaban J connectivity index is 0.997. The number of nitrogens with zero attached hydrogens (tertiary/aromatic N) is 1. The normalized spacial score (nSPS) is 24.2. The van der Waals surface area contributed by atoms with Crippen molar-refractivity contribution in [2.75, 3.05) is 24.4 Å². The maximum atomic E-state index is 12.7. The lowest BCUT2D eigenvalue weighted by Crippen LogP contribution is -2.48. The quantitative estimate of drug-likeness (QED) is 0.213. The lowest BCUT2D eigenvalue weighted by molar-refractivity contribution is -0.118. The van der Waals surface area contributed by atoms with Gasteiger partial charge in [0.2, 0.25) is 0 Å². The van der Waals surface area contributed by atoms with E-state index in [1.54, 1.807) is 30.3 Å². The summed E-state index contributed by atoms with van der Waals surface area (Å²) < 4.78 is 11.2. The number of methoxy groups -OCH3 is 1. The average Bonchev–Trinajstić information content (AvgIpc) is 2.96. The Labute approximate surface area is 240 Å². The van der Waals surface area contributed by atoms with Gasteiger partial charge in [-0.2, -0.15) is 5.10 Å². The van der Waals surface area contributed by atoms with Gasteiger partial charge in [0.15, 0.2) is 18.1 Å². The third kappa shape index (κ3) is 6.21. The summed E-state index contributed by atoms with van der Waals surface area (Å²) in [5.41, 5.74) is 6.34. The van der Waals surface area contributed by atoms with Crippen LogP contribution in [0.3, 0.4) is 0 Å². The van der Waals surface area contributed by atoms with Gasteiger partial charge in [-0.15, -0.1) is 0 Å². The van der Waals surface area contributed by atoms with Crippen LogP contribution in [0.15, 0.2) is 77.9 Å². The fourth-order valence-electron chi connectivity index (χ4n) is 7.44. The molecule has 212 valence electrons. The number of hydrogen-bond acceptors (Lipinski definition) is 5. The van der Waals surface area contributed by atoms with E-state index >= 15 is 0 Å². The number of nitrogens with one attached hydrogen (secondary N) is 3. The molecule has 41 heavy (non-hydrogen) atoms. The van der Waals surface area contributed by atoms with Crippen LogP contribution >= 0.6 is 0 Å². The van der Waals surface area contributed by atoms with Crippen LogP contribution in [0.2, 0.25) is 0 Å². The van der Waals surface area contributed by atoms with Gasteiger partial charge in [0, 0.05) is 11.4 Å². The first-order valence-electron chi connectivity index (χ1n) is 14.3. The van der Waals surface area contributed by atoms with Gasteiger partial charge in [-0.25, -0.2) is 10.2 Å². The average molecular weight is 553 g/mol. The second kappa shape index (κ2) is 11.6. The summed E-state index contributed by atoms with van der Waals surface area (Å²) in [5.74, 6) is 3.36. The molecule has 0 saturated heterocycles. The maximum absolute atomic E-state index is 12.7. The number of anilines is 2. The molecule has 3 amide bonds. The predicted octanol–water partition coefficient (Wildman–Crippen LogP) is 6.34. The zero-order chi connectivity index (χ0) is 28.2. The number of amides is 3. The Kier molecular flexibility index (Phi) is 7.63. The maximum Gasteiger partial charge on any atom is 0.339 e. The summed E-state index contributed by atoms with van der Waals surface area (Å²) in [5, 5.41) is 9.61. The highest BCUT2D eigenvalue weighted by Crippen LogP contribution is 2.60. The Morgan fingerprint density at radius 1 is 0.854 bits per heavy atom. The van der Waals surface area contributed by atoms with E-state index < -0.39 is 6.03 Å². The zero-order valence-corrected chi connectivity index (χ0v) is 23.3. The van der Waals surface area contributed by atoms with Crippen LogP contribution in [0.1, 0.15) is 49.7 Å². The fourth-order valence-corrected chi connectivity index (χ4v) is 7.44. The van der Waals surface area contributed by atoms with Crippen LogP contribution < -0.4 is 25.5 Å². The molecule has 0 heterocycles. The van der Waals surface area contributed by atoms with Crippen LogP contribution in [0.4, 0.5) is 16.2 Å². The van der Waals surface area contributed by atoms with Gasteiger partial charge in [-0.05, 0) is 115 Å². The van der Waals surface area contributed by atoms with E-state index in [4.69, 9.17) is 9.47 Å². The van der Waals surface area contributed by atoms with Crippen molar-refractivity contribution in [3.05, 3.63) is 83.9 Å². The summed E-state index contributed by atoms with van der Waals surface area (Å²) in [4.78, 5) is 24.6. The molecule has 0 radical (unpaired) electrons. The highest BCUT2D eigenvalue weighted by atomic mass is 16.5. The molecule has 4 saturated carbocycles. The summed E-state index contributed by atoms with van der Waals surface area (Å²) in [6, 6.07) is 22.3. The van der Waals surface area contributed by atoms with Crippen molar-refractivity contribution in [1.29, 1.82) is 0 Å². The SMILES string of the molecule is COc1cc(/C=N/NC(=O)Nc2ccccc2)ccc1OCC(=O)Nc1ccc(C23CC4CC(CC(C4)C2)C3)cc1. The zero-order valence-electron chi connectivity index (χ0n) is 23.3. The Bertz CT molecular complexity index is 1390. The minimum atomic E-state index is -0.451. The second-order valence-corrected chi connectivity index (χ2v) is 11.7. The number of hydrazone groups is 1. The van der Waals surface area contributed by atoms with Crippen LogP contribution in [0.25, 0.3) is 0 Å². The molecule has 7 rings (SSSR count). The van der Waals surface area contributed by atoms with Gasteiger partial charge in [0.05, 0.1) is 13.3 Å². The molecule has 0 atom stereocenters. The molecule has 8 nitrogen and oxygen atoms in total. The molecule has 0 unspecified atom stereocenters. The third-order valence-corrected chi connectivity index (χ3v) is 8.78. The van der Waals surface area contributed by atoms with Crippen molar-refractivity contribution in [2.24, 2.45) is 22.9 Å². The van der Waals surface area contributed by atoms with Crippen molar-refractivity contribution in [3.63, 3.8) is 0 Å². The highest BCUT2D eigenvalue weighted by molar-refractivity contribution is 5.92. The van der Waals surface area contributed by atoms with Crippen LogP contribution in [-0.2, 0) is 10.2 Å². The fraction of sp³-hybridized carbons (Fsp3) is 0.364. The molecule has 0 aromatic heterocycles. The number of carbonyl (C=O) groups excluding carboxylic acids is 2. The van der Waals surface area contributed by atoms with Crippen molar-refractivity contribution in [1.82, 2.24) is 5.43 Å². The van der Waals surface area contributed by atoms with Crippen molar-refractivity contribution in [3.8, 4) is 11.5 Å². The van der Waals surface area contributed by atoms with Gasteiger partial charge in [0.25, 0.3) is 5.91 Å². The second-order valence-electron chi connectivity index (χ2n) is 11.7. The molecule has 4 bridgehead atoms. The van der Waals surface area contributed by atoms with E-state index in [2.05, 4.69) is 33.3 Å². The summed E-state index contributed by atoms with van der Waals surface area (Å²) in [6.45, 7) is -0.151. The highest BCUT2D eigenvalue weighted by Gasteiger charge is 2.51. The third-order valence-electron chi connectivity index (χ3n) is 8.78. The van der Waals surface area contributed by atoms with Crippen LogP contribution in [-0.4, -0.2) is 31.9 Å². The summed E-state index contributed by atoms with van der Waals surface area (Å²) >= 11 is 0. The van der Waals surface area contributed by atoms with E-state index in [1.165, 1.54) is 57.4 Å². The van der Waals surface area contributed by atoms with Crippen LogP contribution in [0.5, 0.6) is 11.5 Å². The number of hydrogen-bond donors (Lipinski definition) is 3. The lowest BCUT2D eigenvalue weighted by atomic mass is 9.48. The topological polar surface area (TPSA) is 101 Å². The molecule has 0 spiro atoms. The number of urea groups is 1. The smallest absolute Gasteiger partial charge is 0.339 e. The first-order valence-corrected chi connectivity index (χ1v) is 14.3. The summed E-state index contributed by atoms with van der Waals surface area (Å²) in [7, 11) is 1.53. The Hall–Kier alpha value is -4.33. The predicted molar refractivity (Wildman–Crippen MR) is 160 cm³/mol. The van der Waals surface area contributed by atoms with E-state index in [0.29, 0.717) is 28.2 Å².